The first-order valence-electron chi connectivity index (χ1n) is 6.19. The van der Waals surface area contributed by atoms with Crippen LogP contribution in [0.4, 0.5) is 0 Å². The quantitative estimate of drug-likeness (QED) is 0.805. The maximum atomic E-state index is 11.8. The van der Waals surface area contributed by atoms with Crippen LogP contribution >= 0.6 is 0 Å². The van der Waals surface area contributed by atoms with Crippen molar-refractivity contribution in [1.29, 1.82) is 0 Å². The number of hydrogen-bond donors (Lipinski definition) is 1. The maximum Gasteiger partial charge on any atom is 0.287 e. The molecule has 1 saturated carbocycles. The van der Waals surface area contributed by atoms with Crippen LogP contribution < -0.4 is 10.1 Å². The minimum Gasteiger partial charge on any atom is -0.465 e. The molecule has 2 rings (SSSR count). The van der Waals surface area contributed by atoms with Crippen LogP contribution in [0.25, 0.3) is 0 Å². The lowest BCUT2D eigenvalue weighted by Gasteiger charge is -2.13. The van der Waals surface area contributed by atoms with E-state index in [1.807, 2.05) is 6.92 Å². The fourth-order valence-electron chi connectivity index (χ4n) is 1.87. The highest BCUT2D eigenvalue weighted by Gasteiger charge is 2.42. The molecule has 0 aromatic carbocycles. The van der Waals surface area contributed by atoms with Gasteiger partial charge in [0, 0.05) is 25.1 Å². The molecule has 0 aliphatic heterocycles. The first kappa shape index (κ1) is 13.0. The Balaban J connectivity index is 1.83. The van der Waals surface area contributed by atoms with E-state index in [1.54, 1.807) is 19.2 Å². The van der Waals surface area contributed by atoms with Crippen LogP contribution in [-0.4, -0.2) is 32.8 Å². The number of amides is 1. The van der Waals surface area contributed by atoms with Gasteiger partial charge in [-0.15, -0.1) is 0 Å². The molecule has 1 heterocycles. The highest BCUT2D eigenvalue weighted by molar-refractivity contribution is 5.91. The van der Waals surface area contributed by atoms with Crippen LogP contribution in [-0.2, 0) is 4.74 Å². The van der Waals surface area contributed by atoms with Crippen molar-refractivity contribution in [1.82, 2.24) is 5.32 Å². The maximum absolute atomic E-state index is 11.8. The number of ether oxygens (including phenoxy) is 2. The van der Waals surface area contributed by atoms with Crippen LogP contribution in [0.5, 0.6) is 5.95 Å². The van der Waals surface area contributed by atoms with E-state index >= 15 is 0 Å². The summed E-state index contributed by atoms with van der Waals surface area (Å²) in [5, 5.41) is 2.87. The summed E-state index contributed by atoms with van der Waals surface area (Å²) < 4.78 is 15.6. The summed E-state index contributed by atoms with van der Waals surface area (Å²) in [6, 6.07) is 3.27. The minimum absolute atomic E-state index is 0.139. The van der Waals surface area contributed by atoms with Gasteiger partial charge in [-0.05, 0) is 25.8 Å². The van der Waals surface area contributed by atoms with Gasteiger partial charge >= 0.3 is 0 Å². The van der Waals surface area contributed by atoms with Crippen LogP contribution in [0.15, 0.2) is 16.5 Å². The van der Waals surface area contributed by atoms with E-state index in [0.717, 1.165) is 12.8 Å². The van der Waals surface area contributed by atoms with Crippen LogP contribution in [0, 0.1) is 5.41 Å². The Kier molecular flexibility index (Phi) is 3.91. The zero-order chi connectivity index (χ0) is 13.0. The number of hydrogen-bond acceptors (Lipinski definition) is 4. The molecule has 1 aliphatic carbocycles. The molecule has 0 spiro atoms. The Morgan fingerprint density at radius 2 is 2.28 bits per heavy atom. The van der Waals surface area contributed by atoms with Crippen molar-refractivity contribution < 1.29 is 18.7 Å². The van der Waals surface area contributed by atoms with Crippen molar-refractivity contribution in [2.75, 3.05) is 26.9 Å². The molecule has 1 amide bonds. The normalized spacial score (nSPS) is 16.3. The van der Waals surface area contributed by atoms with E-state index in [-0.39, 0.29) is 17.1 Å². The Morgan fingerprint density at radius 3 is 2.89 bits per heavy atom. The second kappa shape index (κ2) is 5.44. The molecule has 0 bridgehead atoms. The lowest BCUT2D eigenvalue weighted by atomic mass is 10.1. The number of carbonyl (C=O) groups excluding carboxylic acids is 1. The van der Waals surface area contributed by atoms with Crippen molar-refractivity contribution in [3.05, 3.63) is 17.9 Å². The average molecular weight is 253 g/mol. The molecule has 0 atom stereocenters. The molecule has 1 aromatic rings. The number of rotatable bonds is 7. The number of furan rings is 1. The molecule has 1 N–H and O–H groups in total. The molecular formula is C13H19NO4. The van der Waals surface area contributed by atoms with Gasteiger partial charge < -0.3 is 19.2 Å². The molecule has 5 heteroatoms. The average Bonchev–Trinajstić information content (AvgIpc) is 2.96. The summed E-state index contributed by atoms with van der Waals surface area (Å²) in [6.45, 7) is 3.70. The van der Waals surface area contributed by atoms with Gasteiger partial charge in [0.1, 0.15) is 0 Å². The summed E-state index contributed by atoms with van der Waals surface area (Å²) in [5.74, 6) is 0.454. The Bertz CT molecular complexity index is 409. The molecule has 1 fully saturated rings. The fourth-order valence-corrected chi connectivity index (χ4v) is 1.87. The van der Waals surface area contributed by atoms with E-state index in [1.165, 1.54) is 0 Å². The van der Waals surface area contributed by atoms with E-state index in [4.69, 9.17) is 13.9 Å². The molecule has 0 saturated heterocycles. The van der Waals surface area contributed by atoms with Gasteiger partial charge in [0.2, 0.25) is 0 Å². The highest BCUT2D eigenvalue weighted by Crippen LogP contribution is 2.45. The third-order valence-corrected chi connectivity index (χ3v) is 3.12. The summed E-state index contributed by atoms with van der Waals surface area (Å²) in [7, 11) is 1.68. The van der Waals surface area contributed by atoms with Crippen molar-refractivity contribution in [2.45, 2.75) is 19.8 Å². The number of methoxy groups -OCH3 is 1. The zero-order valence-electron chi connectivity index (χ0n) is 10.8. The Labute approximate surface area is 106 Å². The van der Waals surface area contributed by atoms with Crippen molar-refractivity contribution >= 4 is 5.91 Å². The SMILES string of the molecule is CCOc1ccc(C(=O)NCC2(COC)CC2)o1. The third kappa shape index (κ3) is 3.04. The van der Waals surface area contributed by atoms with E-state index in [2.05, 4.69) is 5.32 Å². The van der Waals surface area contributed by atoms with Gasteiger partial charge in [-0.1, -0.05) is 0 Å². The second-order valence-corrected chi connectivity index (χ2v) is 4.67. The van der Waals surface area contributed by atoms with Gasteiger partial charge in [0.15, 0.2) is 5.76 Å². The van der Waals surface area contributed by atoms with Crippen LogP contribution in [0.1, 0.15) is 30.3 Å². The molecule has 0 unspecified atom stereocenters. The molecule has 0 radical (unpaired) electrons. The van der Waals surface area contributed by atoms with Crippen molar-refractivity contribution in [3.8, 4) is 5.95 Å². The number of nitrogens with one attached hydrogen (secondary N) is 1. The molecule has 1 aromatic heterocycles. The van der Waals surface area contributed by atoms with Gasteiger partial charge in [0.05, 0.1) is 13.2 Å². The molecule has 18 heavy (non-hydrogen) atoms. The minimum atomic E-state index is -0.205. The van der Waals surface area contributed by atoms with E-state index in [9.17, 15) is 4.79 Å². The predicted molar refractivity (Wildman–Crippen MR) is 65.8 cm³/mol. The molecule has 1 aliphatic rings. The first-order valence-corrected chi connectivity index (χ1v) is 6.19. The van der Waals surface area contributed by atoms with Gasteiger partial charge in [0.25, 0.3) is 11.9 Å². The van der Waals surface area contributed by atoms with Gasteiger partial charge in [-0.3, -0.25) is 4.79 Å². The first-order chi connectivity index (χ1) is 8.69. The summed E-state index contributed by atoms with van der Waals surface area (Å²) >= 11 is 0. The van der Waals surface area contributed by atoms with Crippen LogP contribution in [0.3, 0.4) is 0 Å². The van der Waals surface area contributed by atoms with Crippen LogP contribution in [0.2, 0.25) is 0 Å². The van der Waals surface area contributed by atoms with Gasteiger partial charge in [-0.2, -0.15) is 0 Å². The third-order valence-electron chi connectivity index (χ3n) is 3.12. The summed E-state index contributed by atoms with van der Waals surface area (Å²) in [4.78, 5) is 11.8. The summed E-state index contributed by atoms with van der Waals surface area (Å²) in [5.41, 5.74) is 0.139. The fraction of sp³-hybridized carbons (Fsp3) is 0.615. The van der Waals surface area contributed by atoms with Crippen molar-refractivity contribution in [2.24, 2.45) is 5.41 Å². The van der Waals surface area contributed by atoms with Crippen molar-refractivity contribution in [3.63, 3.8) is 0 Å². The standard InChI is InChI=1S/C13H19NO4/c1-3-17-11-5-4-10(18-11)12(15)14-8-13(6-7-13)9-16-2/h4-5H,3,6-9H2,1-2H3,(H,14,15). The topological polar surface area (TPSA) is 60.7 Å². The Hall–Kier alpha value is -1.49. The Morgan fingerprint density at radius 1 is 1.50 bits per heavy atom. The monoisotopic (exact) mass is 253 g/mol. The van der Waals surface area contributed by atoms with Gasteiger partial charge in [-0.25, -0.2) is 0 Å². The number of carbonyl (C=O) groups is 1. The van der Waals surface area contributed by atoms with E-state index in [0.29, 0.717) is 25.7 Å². The lowest BCUT2D eigenvalue weighted by molar-refractivity contribution is 0.0884. The predicted octanol–water partition coefficient (Wildman–Crippen LogP) is 1.83. The summed E-state index contributed by atoms with van der Waals surface area (Å²) in [6.07, 6.45) is 2.20. The molecular weight excluding hydrogens is 234 g/mol. The lowest BCUT2D eigenvalue weighted by Crippen LogP contribution is -2.32. The second-order valence-electron chi connectivity index (χ2n) is 4.67. The van der Waals surface area contributed by atoms with E-state index < -0.39 is 0 Å². The zero-order valence-corrected chi connectivity index (χ0v) is 10.8. The highest BCUT2D eigenvalue weighted by atomic mass is 16.6. The largest absolute Gasteiger partial charge is 0.465 e. The smallest absolute Gasteiger partial charge is 0.287 e. The molecule has 100 valence electrons. The molecule has 5 nitrogen and oxygen atoms in total.